The number of carbonyl (C=O) groups is 2. The average Bonchev–Trinajstić information content (AvgIpc) is 2.79. The summed E-state index contributed by atoms with van der Waals surface area (Å²) in [6, 6.07) is 11.1. The van der Waals surface area contributed by atoms with Crippen molar-refractivity contribution in [2.45, 2.75) is 20.1 Å². The van der Waals surface area contributed by atoms with Crippen LogP contribution in [0.3, 0.4) is 0 Å². The van der Waals surface area contributed by atoms with Crippen LogP contribution in [0, 0.1) is 0 Å². The highest BCUT2D eigenvalue weighted by atomic mass is 19.3. The molecule has 1 amide bonds. The summed E-state index contributed by atoms with van der Waals surface area (Å²) in [7, 11) is 3.07. The van der Waals surface area contributed by atoms with Gasteiger partial charge in [-0.3, -0.25) is 4.79 Å². The third kappa shape index (κ3) is 7.57. The van der Waals surface area contributed by atoms with Gasteiger partial charge in [-0.1, -0.05) is 18.2 Å². The van der Waals surface area contributed by atoms with Crippen molar-refractivity contribution in [2.75, 3.05) is 27.4 Å². The fraction of sp³-hybridized carbons (Fsp3) is 0.304. The van der Waals surface area contributed by atoms with Crippen molar-refractivity contribution in [1.82, 2.24) is 4.90 Å². The van der Waals surface area contributed by atoms with Crippen LogP contribution in [-0.2, 0) is 20.9 Å². The minimum atomic E-state index is -2.90. The van der Waals surface area contributed by atoms with E-state index in [1.165, 1.54) is 37.5 Å². The second-order valence-corrected chi connectivity index (χ2v) is 6.49. The fourth-order valence-electron chi connectivity index (χ4n) is 2.77. The largest absolute Gasteiger partial charge is 0.493 e. The van der Waals surface area contributed by atoms with Crippen molar-refractivity contribution >= 4 is 18.0 Å². The Hall–Kier alpha value is -3.62. The molecule has 7 nitrogen and oxygen atoms in total. The van der Waals surface area contributed by atoms with Crippen molar-refractivity contribution < 1.29 is 37.3 Å². The van der Waals surface area contributed by atoms with Gasteiger partial charge in [-0.25, -0.2) is 4.79 Å². The summed E-state index contributed by atoms with van der Waals surface area (Å²) in [5.41, 5.74) is 1.42. The number of esters is 1. The molecule has 0 aromatic heterocycles. The summed E-state index contributed by atoms with van der Waals surface area (Å²) >= 11 is 0. The molecule has 0 saturated carbocycles. The molecule has 0 unspecified atom stereocenters. The van der Waals surface area contributed by atoms with Gasteiger partial charge in [0.15, 0.2) is 18.1 Å². The van der Waals surface area contributed by atoms with Gasteiger partial charge in [-0.15, -0.1) is 0 Å². The normalized spacial score (nSPS) is 10.8. The fourth-order valence-corrected chi connectivity index (χ4v) is 2.77. The summed E-state index contributed by atoms with van der Waals surface area (Å²) in [6.45, 7) is -0.755. The van der Waals surface area contributed by atoms with E-state index in [0.29, 0.717) is 30.2 Å². The number of carbonyl (C=O) groups excluding carboxylic acids is 2. The van der Waals surface area contributed by atoms with Crippen molar-refractivity contribution in [1.29, 1.82) is 0 Å². The molecule has 0 spiro atoms. The van der Waals surface area contributed by atoms with Crippen LogP contribution >= 0.6 is 0 Å². The highest BCUT2D eigenvalue weighted by Gasteiger charge is 2.15. The number of alkyl halides is 2. The highest BCUT2D eigenvalue weighted by molar-refractivity contribution is 5.89. The number of amides is 1. The molecule has 0 fully saturated rings. The number of ether oxygens (including phenoxy) is 4. The Balaban J connectivity index is 1.88. The van der Waals surface area contributed by atoms with E-state index < -0.39 is 19.2 Å². The number of rotatable bonds is 11. The molecule has 2 aromatic rings. The van der Waals surface area contributed by atoms with Crippen LogP contribution in [-0.4, -0.2) is 50.8 Å². The lowest BCUT2D eigenvalue weighted by Gasteiger charge is -2.21. The molecule has 9 heteroatoms. The third-order valence-corrected chi connectivity index (χ3v) is 4.41. The number of halogens is 2. The maximum atomic E-state index is 12.5. The summed E-state index contributed by atoms with van der Waals surface area (Å²) in [4.78, 5) is 25.9. The second kappa shape index (κ2) is 12.3. The first-order valence-corrected chi connectivity index (χ1v) is 9.74. The Morgan fingerprint density at radius 3 is 2.31 bits per heavy atom. The van der Waals surface area contributed by atoms with Crippen LogP contribution in [0.5, 0.6) is 17.2 Å². The number of benzene rings is 2. The zero-order valence-electron chi connectivity index (χ0n) is 18.0. The van der Waals surface area contributed by atoms with Gasteiger partial charge in [0.05, 0.1) is 14.2 Å². The average molecular weight is 449 g/mol. The van der Waals surface area contributed by atoms with Gasteiger partial charge in [0.1, 0.15) is 5.75 Å². The van der Waals surface area contributed by atoms with E-state index >= 15 is 0 Å². The molecule has 0 saturated heterocycles. The molecule has 0 atom stereocenters. The molecule has 2 rings (SSSR count). The second-order valence-electron chi connectivity index (χ2n) is 6.49. The quantitative estimate of drug-likeness (QED) is 0.383. The molecule has 0 heterocycles. The van der Waals surface area contributed by atoms with Crippen LogP contribution in [0.4, 0.5) is 8.78 Å². The first-order valence-electron chi connectivity index (χ1n) is 9.74. The predicted molar refractivity (Wildman–Crippen MR) is 114 cm³/mol. The lowest BCUT2D eigenvalue weighted by Crippen LogP contribution is -2.34. The van der Waals surface area contributed by atoms with E-state index in [1.54, 1.807) is 24.1 Å². The first-order chi connectivity index (χ1) is 15.4. The van der Waals surface area contributed by atoms with E-state index in [9.17, 15) is 18.4 Å². The molecule has 0 radical (unpaired) electrons. The predicted octanol–water partition coefficient (Wildman–Crippen LogP) is 3.91. The lowest BCUT2D eigenvalue weighted by atomic mass is 10.2. The number of hydrogen-bond donors (Lipinski definition) is 0. The van der Waals surface area contributed by atoms with Gasteiger partial charge in [-0.2, -0.15) is 8.78 Å². The van der Waals surface area contributed by atoms with Crippen LogP contribution in [0.25, 0.3) is 6.08 Å². The topological polar surface area (TPSA) is 74.3 Å². The van der Waals surface area contributed by atoms with E-state index in [2.05, 4.69) is 4.74 Å². The van der Waals surface area contributed by atoms with Crippen molar-refractivity contribution in [3.63, 3.8) is 0 Å². The minimum absolute atomic E-state index is 0.0134. The van der Waals surface area contributed by atoms with Crippen LogP contribution in [0.15, 0.2) is 48.5 Å². The maximum Gasteiger partial charge on any atom is 0.387 e. The van der Waals surface area contributed by atoms with Crippen molar-refractivity contribution in [2.24, 2.45) is 0 Å². The van der Waals surface area contributed by atoms with Gasteiger partial charge >= 0.3 is 12.6 Å². The lowest BCUT2D eigenvalue weighted by molar-refractivity contribution is -0.148. The van der Waals surface area contributed by atoms with E-state index in [0.717, 1.165) is 11.6 Å². The van der Waals surface area contributed by atoms with Crippen LogP contribution < -0.4 is 14.2 Å². The molecule has 0 aliphatic carbocycles. The molecule has 0 aliphatic heterocycles. The zero-order valence-corrected chi connectivity index (χ0v) is 18.0. The van der Waals surface area contributed by atoms with Crippen molar-refractivity contribution in [3.8, 4) is 17.2 Å². The molecular formula is C23H25F2NO6. The Morgan fingerprint density at radius 1 is 1.03 bits per heavy atom. The van der Waals surface area contributed by atoms with E-state index in [4.69, 9.17) is 14.2 Å². The molecule has 32 heavy (non-hydrogen) atoms. The molecule has 2 aromatic carbocycles. The van der Waals surface area contributed by atoms with Gasteiger partial charge in [0, 0.05) is 19.2 Å². The summed E-state index contributed by atoms with van der Waals surface area (Å²) < 4.78 is 44.1. The standard InChI is InChI=1S/C23H25F2NO6/c1-4-26(14-17-7-11-19(29-2)20(13-17)30-3)21(27)15-31-22(28)12-8-16-5-9-18(10-6-16)32-23(24)25/h5-13,23H,4,14-15H2,1-3H3/b12-8+. The zero-order chi connectivity index (χ0) is 23.5. The Labute approximate surface area is 185 Å². The first kappa shape index (κ1) is 24.6. The Kier molecular flexibility index (Phi) is 9.46. The summed E-state index contributed by atoms with van der Waals surface area (Å²) in [5.74, 6) is 0.104. The SMILES string of the molecule is CCN(Cc1ccc(OC)c(OC)c1)C(=O)COC(=O)/C=C/c1ccc(OC(F)F)cc1. The minimum Gasteiger partial charge on any atom is -0.493 e. The number of likely N-dealkylation sites (N-methyl/N-ethyl adjacent to an activating group) is 1. The van der Waals surface area contributed by atoms with Crippen molar-refractivity contribution in [3.05, 3.63) is 59.7 Å². The van der Waals surface area contributed by atoms with Gasteiger partial charge in [0.25, 0.3) is 5.91 Å². The summed E-state index contributed by atoms with van der Waals surface area (Å²) in [5, 5.41) is 0. The van der Waals surface area contributed by atoms with E-state index in [1.807, 2.05) is 13.0 Å². The monoisotopic (exact) mass is 449 g/mol. The maximum absolute atomic E-state index is 12.5. The highest BCUT2D eigenvalue weighted by Crippen LogP contribution is 2.28. The number of hydrogen-bond acceptors (Lipinski definition) is 6. The molecule has 0 bridgehead atoms. The van der Waals surface area contributed by atoms with Crippen LogP contribution in [0.2, 0.25) is 0 Å². The third-order valence-electron chi connectivity index (χ3n) is 4.41. The molecule has 172 valence electrons. The van der Waals surface area contributed by atoms with Crippen LogP contribution in [0.1, 0.15) is 18.1 Å². The smallest absolute Gasteiger partial charge is 0.387 e. The Bertz CT molecular complexity index is 931. The van der Waals surface area contributed by atoms with Gasteiger partial charge in [0.2, 0.25) is 0 Å². The van der Waals surface area contributed by atoms with Gasteiger partial charge in [-0.05, 0) is 48.4 Å². The van der Waals surface area contributed by atoms with E-state index in [-0.39, 0.29) is 11.7 Å². The number of nitrogens with zero attached hydrogens (tertiary/aromatic N) is 1. The molecule has 0 N–H and O–H groups in total. The molecular weight excluding hydrogens is 424 g/mol. The summed E-state index contributed by atoms with van der Waals surface area (Å²) in [6.07, 6.45) is 2.60. The number of methoxy groups -OCH3 is 2. The Morgan fingerprint density at radius 2 is 1.72 bits per heavy atom. The molecule has 0 aliphatic rings. The van der Waals surface area contributed by atoms with Gasteiger partial charge < -0.3 is 23.8 Å².